The molecule has 2 aromatic carbocycles. The number of nitrogens with one attached hydrogen (secondary N) is 2. The van der Waals surface area contributed by atoms with E-state index in [1.165, 1.54) is 11.3 Å². The summed E-state index contributed by atoms with van der Waals surface area (Å²) >= 11 is 0. The number of amides is 2. The van der Waals surface area contributed by atoms with Gasteiger partial charge in [-0.2, -0.15) is 0 Å². The van der Waals surface area contributed by atoms with E-state index < -0.39 is 12.0 Å². The number of hydrogen-bond acceptors (Lipinski definition) is 7. The molecule has 2 aliphatic heterocycles. The summed E-state index contributed by atoms with van der Waals surface area (Å²) in [4.78, 5) is 30.4. The zero-order chi connectivity index (χ0) is 25.7. The number of anilines is 1. The monoisotopic (exact) mass is 494 g/mol. The first-order valence-electron chi connectivity index (χ1n) is 12.2. The fourth-order valence-corrected chi connectivity index (χ4v) is 4.69. The molecule has 2 N–H and O–H groups in total. The minimum atomic E-state index is -0.679. The van der Waals surface area contributed by atoms with Crippen molar-refractivity contribution in [2.45, 2.75) is 19.9 Å². The van der Waals surface area contributed by atoms with Crippen molar-refractivity contribution in [1.29, 1.82) is 0 Å². The molecule has 0 spiro atoms. The highest BCUT2D eigenvalue weighted by molar-refractivity contribution is 5.95. The summed E-state index contributed by atoms with van der Waals surface area (Å²) in [5, 5.41) is 5.75. The van der Waals surface area contributed by atoms with Crippen molar-refractivity contribution >= 4 is 17.7 Å². The van der Waals surface area contributed by atoms with E-state index in [9.17, 15) is 9.59 Å². The van der Waals surface area contributed by atoms with Gasteiger partial charge in [0.2, 0.25) is 0 Å². The molecule has 1 fully saturated rings. The van der Waals surface area contributed by atoms with Crippen LogP contribution in [-0.4, -0.2) is 70.5 Å². The number of benzene rings is 2. The lowest BCUT2D eigenvalue weighted by atomic mass is 9.94. The zero-order valence-electron chi connectivity index (χ0n) is 21.3. The van der Waals surface area contributed by atoms with Crippen LogP contribution in [0.4, 0.5) is 10.5 Å². The lowest BCUT2D eigenvalue weighted by Crippen LogP contribution is -2.51. The highest BCUT2D eigenvalue weighted by Gasteiger charge is 2.35. The van der Waals surface area contributed by atoms with Crippen molar-refractivity contribution in [2.24, 2.45) is 0 Å². The molecular weight excluding hydrogens is 460 g/mol. The summed E-state index contributed by atoms with van der Waals surface area (Å²) in [6.45, 7) is 7.86. The van der Waals surface area contributed by atoms with Crippen molar-refractivity contribution in [2.75, 3.05) is 58.5 Å². The van der Waals surface area contributed by atoms with Gasteiger partial charge in [0.1, 0.15) is 0 Å². The molecule has 4 rings (SSSR count). The van der Waals surface area contributed by atoms with E-state index in [-0.39, 0.29) is 12.6 Å². The third kappa shape index (κ3) is 5.57. The number of hydrogen-bond donors (Lipinski definition) is 2. The van der Waals surface area contributed by atoms with Gasteiger partial charge >= 0.3 is 12.0 Å². The van der Waals surface area contributed by atoms with Gasteiger partial charge in [-0.1, -0.05) is 18.2 Å². The molecule has 9 nitrogen and oxygen atoms in total. The van der Waals surface area contributed by atoms with E-state index >= 15 is 0 Å². The number of ether oxygens (including phenoxy) is 3. The van der Waals surface area contributed by atoms with Crippen LogP contribution in [0.25, 0.3) is 0 Å². The summed E-state index contributed by atoms with van der Waals surface area (Å²) in [6, 6.07) is 12.8. The number of urea groups is 1. The third-order valence-corrected chi connectivity index (χ3v) is 6.51. The van der Waals surface area contributed by atoms with E-state index in [0.29, 0.717) is 34.9 Å². The van der Waals surface area contributed by atoms with E-state index in [1.54, 1.807) is 33.3 Å². The Morgan fingerprint density at radius 2 is 1.78 bits per heavy atom. The van der Waals surface area contributed by atoms with Gasteiger partial charge in [-0.05, 0) is 49.2 Å². The molecule has 0 saturated carbocycles. The molecule has 0 aliphatic carbocycles. The number of esters is 1. The molecule has 2 aromatic rings. The van der Waals surface area contributed by atoms with Crippen LogP contribution in [0.3, 0.4) is 0 Å². The van der Waals surface area contributed by atoms with Gasteiger partial charge in [0.25, 0.3) is 0 Å². The van der Waals surface area contributed by atoms with Gasteiger partial charge < -0.3 is 29.7 Å². The molecule has 0 radical (unpaired) electrons. The van der Waals surface area contributed by atoms with Gasteiger partial charge in [0.05, 0.1) is 32.4 Å². The van der Waals surface area contributed by atoms with Gasteiger partial charge in [0.15, 0.2) is 11.5 Å². The molecule has 9 heteroatoms. The van der Waals surface area contributed by atoms with E-state index in [2.05, 4.69) is 51.6 Å². The van der Waals surface area contributed by atoms with Gasteiger partial charge in [-0.3, -0.25) is 4.90 Å². The minimum Gasteiger partial charge on any atom is -0.493 e. The Hall–Kier alpha value is -3.72. The fourth-order valence-electron chi connectivity index (χ4n) is 4.69. The Morgan fingerprint density at radius 1 is 1.03 bits per heavy atom. The number of carbonyl (C=O) groups is 2. The third-order valence-electron chi connectivity index (χ3n) is 6.51. The number of methoxy groups -OCH3 is 2. The fraction of sp³-hybridized carbons (Fsp3) is 0.407. The van der Waals surface area contributed by atoms with Gasteiger partial charge in [-0.15, -0.1) is 0 Å². The SMILES string of the molecule is CCOC(=O)C1=C(CN2CCN(c3cccc(C)c3)CC2)NC(=O)NC1c1ccc(OC)c(OC)c1. The maximum Gasteiger partial charge on any atom is 0.338 e. The van der Waals surface area contributed by atoms with Crippen LogP contribution in [-0.2, 0) is 9.53 Å². The second kappa shape index (κ2) is 11.3. The van der Waals surface area contributed by atoms with Crippen LogP contribution in [0.5, 0.6) is 11.5 Å². The van der Waals surface area contributed by atoms with Gasteiger partial charge in [0, 0.05) is 44.1 Å². The molecule has 2 heterocycles. The predicted octanol–water partition coefficient (Wildman–Crippen LogP) is 3.01. The standard InChI is InChI=1S/C27H34N4O5/c1-5-36-26(32)24-21(17-30-11-13-31(14-12-30)20-8-6-7-18(2)15-20)28-27(33)29-25(24)19-9-10-22(34-3)23(16-19)35-4/h6-10,15-16,25H,5,11-14,17H2,1-4H3,(H2,28,29,33). The second-order valence-corrected chi connectivity index (χ2v) is 8.86. The summed E-state index contributed by atoms with van der Waals surface area (Å²) in [6.07, 6.45) is 0. The molecule has 0 aromatic heterocycles. The summed E-state index contributed by atoms with van der Waals surface area (Å²) in [7, 11) is 3.11. The Bertz CT molecular complexity index is 1140. The largest absolute Gasteiger partial charge is 0.493 e. The molecule has 0 bridgehead atoms. The molecule has 2 amide bonds. The summed E-state index contributed by atoms with van der Waals surface area (Å²) in [5.41, 5.74) is 4.10. The lowest BCUT2D eigenvalue weighted by molar-refractivity contribution is -0.139. The number of nitrogens with zero attached hydrogens (tertiary/aromatic N) is 2. The smallest absolute Gasteiger partial charge is 0.338 e. The molecule has 1 saturated heterocycles. The van der Waals surface area contributed by atoms with Crippen LogP contribution >= 0.6 is 0 Å². The van der Waals surface area contributed by atoms with Crippen LogP contribution in [0.2, 0.25) is 0 Å². The first-order valence-corrected chi connectivity index (χ1v) is 12.2. The molecule has 1 unspecified atom stereocenters. The van der Waals surface area contributed by atoms with Gasteiger partial charge in [-0.25, -0.2) is 9.59 Å². The number of rotatable bonds is 8. The molecule has 192 valence electrons. The maximum absolute atomic E-state index is 13.1. The molecule has 1 atom stereocenters. The van der Waals surface area contributed by atoms with Crippen molar-refractivity contribution in [1.82, 2.24) is 15.5 Å². The highest BCUT2D eigenvalue weighted by atomic mass is 16.5. The predicted molar refractivity (Wildman–Crippen MR) is 137 cm³/mol. The Morgan fingerprint density at radius 3 is 2.44 bits per heavy atom. The molecule has 36 heavy (non-hydrogen) atoms. The Labute approximate surface area is 212 Å². The second-order valence-electron chi connectivity index (χ2n) is 8.86. The highest BCUT2D eigenvalue weighted by Crippen LogP contribution is 2.34. The summed E-state index contributed by atoms with van der Waals surface area (Å²) < 4.78 is 16.2. The number of aryl methyl sites for hydroxylation is 1. The van der Waals surface area contributed by atoms with Crippen LogP contribution in [0, 0.1) is 6.92 Å². The normalized spacial score (nSPS) is 18.4. The van der Waals surface area contributed by atoms with Crippen LogP contribution in [0.15, 0.2) is 53.7 Å². The molecular formula is C27H34N4O5. The van der Waals surface area contributed by atoms with E-state index in [1.807, 2.05) is 6.07 Å². The van der Waals surface area contributed by atoms with Crippen LogP contribution < -0.4 is 25.0 Å². The lowest BCUT2D eigenvalue weighted by Gasteiger charge is -2.38. The van der Waals surface area contributed by atoms with E-state index in [0.717, 1.165) is 26.2 Å². The summed E-state index contributed by atoms with van der Waals surface area (Å²) in [5.74, 6) is 0.618. The minimum absolute atomic E-state index is 0.234. The average Bonchev–Trinajstić information content (AvgIpc) is 2.88. The van der Waals surface area contributed by atoms with Crippen LogP contribution in [0.1, 0.15) is 24.1 Å². The van der Waals surface area contributed by atoms with Crippen molar-refractivity contribution in [3.8, 4) is 11.5 Å². The first-order chi connectivity index (χ1) is 17.4. The van der Waals surface area contributed by atoms with Crippen molar-refractivity contribution < 1.29 is 23.8 Å². The average molecular weight is 495 g/mol. The molecule has 2 aliphatic rings. The van der Waals surface area contributed by atoms with E-state index in [4.69, 9.17) is 14.2 Å². The number of carbonyl (C=O) groups excluding carboxylic acids is 2. The van der Waals surface area contributed by atoms with Crippen molar-refractivity contribution in [3.05, 3.63) is 64.9 Å². The maximum atomic E-state index is 13.1. The zero-order valence-corrected chi connectivity index (χ0v) is 21.3. The Kier molecular flexibility index (Phi) is 8.00. The Balaban J connectivity index is 1.59. The first kappa shape index (κ1) is 25.4. The quantitative estimate of drug-likeness (QED) is 0.545. The van der Waals surface area contributed by atoms with Crippen molar-refractivity contribution in [3.63, 3.8) is 0 Å². The number of piperazine rings is 1. The topological polar surface area (TPSA) is 92.4 Å².